The summed E-state index contributed by atoms with van der Waals surface area (Å²) in [6, 6.07) is 23.4. The smallest absolute Gasteiger partial charge is 0.228 e. The van der Waals surface area contributed by atoms with Gasteiger partial charge in [0.2, 0.25) is 5.71 Å². The molecule has 0 N–H and O–H groups in total. The topological polar surface area (TPSA) is 38.9 Å². The molecule has 1 aliphatic carbocycles. The maximum Gasteiger partial charge on any atom is 0.228 e. The summed E-state index contributed by atoms with van der Waals surface area (Å²) >= 11 is 0. The first-order valence-corrected chi connectivity index (χ1v) is 11.6. The zero-order valence-corrected chi connectivity index (χ0v) is 18.3. The fourth-order valence-electron chi connectivity index (χ4n) is 5.26. The van der Waals surface area contributed by atoms with Crippen molar-refractivity contribution < 1.29 is 4.42 Å². The molecule has 2 aromatic carbocycles. The molecule has 3 heterocycles. The molecule has 0 saturated heterocycles. The van der Waals surface area contributed by atoms with Gasteiger partial charge < -0.3 is 4.42 Å². The Kier molecular flexibility index (Phi) is 4.75. The van der Waals surface area contributed by atoms with Crippen molar-refractivity contribution in [2.75, 3.05) is 0 Å². The molecule has 3 aromatic heterocycles. The molecule has 0 atom stereocenters. The second-order valence-electron chi connectivity index (χ2n) is 9.05. The summed E-state index contributed by atoms with van der Waals surface area (Å²) in [4.78, 5) is 9.46. The maximum atomic E-state index is 6.40. The van der Waals surface area contributed by atoms with Crippen LogP contribution in [0.15, 0.2) is 77.3 Å². The maximum absolute atomic E-state index is 6.40. The van der Waals surface area contributed by atoms with Crippen LogP contribution in [0.25, 0.3) is 44.5 Å². The Bertz CT molecular complexity index is 1410. The predicted octanol–water partition coefficient (Wildman–Crippen LogP) is 7.75. The van der Waals surface area contributed by atoms with E-state index in [9.17, 15) is 0 Å². The van der Waals surface area contributed by atoms with Gasteiger partial charge in [0.1, 0.15) is 5.58 Å². The minimum absolute atomic E-state index is 0.688. The van der Waals surface area contributed by atoms with Crippen molar-refractivity contribution in [1.29, 1.82) is 0 Å². The van der Waals surface area contributed by atoms with Gasteiger partial charge in [0.05, 0.1) is 11.1 Å². The molecule has 5 aromatic rings. The molecule has 6 rings (SSSR count). The lowest BCUT2D eigenvalue weighted by molar-refractivity contribution is 0.546. The van der Waals surface area contributed by atoms with E-state index < -0.39 is 0 Å². The number of furan rings is 1. The molecule has 1 saturated carbocycles. The van der Waals surface area contributed by atoms with Gasteiger partial charge in [0.25, 0.3) is 0 Å². The molecule has 0 amide bonds. The first-order chi connectivity index (χ1) is 15.8. The van der Waals surface area contributed by atoms with Gasteiger partial charge in [-0.3, -0.25) is 4.98 Å². The highest BCUT2D eigenvalue weighted by Gasteiger charge is 2.19. The Labute approximate surface area is 188 Å². The third-order valence-corrected chi connectivity index (χ3v) is 6.78. The number of hydrogen-bond acceptors (Lipinski definition) is 3. The van der Waals surface area contributed by atoms with Crippen molar-refractivity contribution >= 4 is 22.1 Å². The number of pyridine rings is 2. The molecular weight excluding hydrogens is 392 g/mol. The summed E-state index contributed by atoms with van der Waals surface area (Å²) in [5.74, 6) is 0.813. The number of hydrogen-bond donors (Lipinski definition) is 0. The summed E-state index contributed by atoms with van der Waals surface area (Å²) < 4.78 is 6.40. The van der Waals surface area contributed by atoms with Crippen LogP contribution in [0.4, 0.5) is 0 Å². The van der Waals surface area contributed by atoms with Crippen LogP contribution in [0.2, 0.25) is 0 Å². The lowest BCUT2D eigenvalue weighted by atomic mass is 9.96. The Morgan fingerprint density at radius 1 is 0.906 bits per heavy atom. The Morgan fingerprint density at radius 3 is 2.59 bits per heavy atom. The highest BCUT2D eigenvalue weighted by atomic mass is 16.3. The predicted molar refractivity (Wildman–Crippen MR) is 131 cm³/mol. The molecule has 32 heavy (non-hydrogen) atoms. The Morgan fingerprint density at radius 2 is 1.75 bits per heavy atom. The van der Waals surface area contributed by atoms with E-state index in [0.717, 1.165) is 51.2 Å². The number of nitrogens with zero attached hydrogens (tertiary/aromatic N) is 2. The lowest BCUT2D eigenvalue weighted by Crippen LogP contribution is -1.99. The van der Waals surface area contributed by atoms with Crippen LogP contribution in [0.5, 0.6) is 0 Å². The van der Waals surface area contributed by atoms with Gasteiger partial charge in [-0.25, -0.2) is 4.98 Å². The standard InChI is InChI=1S/C29H26N2O/c1-19-16-25(22-10-3-2-4-11-22)27-24-13-7-12-23(28(24)32-29(27)31-19)26-18-21(14-15-30-26)17-20-8-5-6-9-20/h2-4,7,10-16,18,20H,5-6,8-9,17H2,1H3. The zero-order chi connectivity index (χ0) is 21.5. The first kappa shape index (κ1) is 19.2. The minimum Gasteiger partial charge on any atom is -0.437 e. The van der Waals surface area contributed by atoms with E-state index in [0.29, 0.717) is 5.71 Å². The molecule has 0 aliphatic heterocycles. The van der Waals surface area contributed by atoms with Crippen LogP contribution in [0.3, 0.4) is 0 Å². The van der Waals surface area contributed by atoms with Crippen molar-refractivity contribution in [3.63, 3.8) is 0 Å². The molecule has 0 radical (unpaired) electrons. The molecule has 3 heteroatoms. The average Bonchev–Trinajstić information content (AvgIpc) is 3.46. The Balaban J connectivity index is 1.52. The van der Waals surface area contributed by atoms with E-state index in [1.807, 2.05) is 19.2 Å². The second kappa shape index (κ2) is 7.90. The van der Waals surface area contributed by atoms with Gasteiger partial charge in [-0.15, -0.1) is 0 Å². The number of para-hydroxylation sites is 1. The summed E-state index contributed by atoms with van der Waals surface area (Å²) in [5, 5.41) is 2.16. The molecule has 1 aliphatic rings. The lowest BCUT2D eigenvalue weighted by Gasteiger charge is -2.10. The number of rotatable bonds is 4. The van der Waals surface area contributed by atoms with Crippen LogP contribution >= 0.6 is 0 Å². The molecule has 0 bridgehead atoms. The second-order valence-corrected chi connectivity index (χ2v) is 9.05. The quantitative estimate of drug-likeness (QED) is 0.299. The van der Waals surface area contributed by atoms with Crippen molar-refractivity contribution in [2.45, 2.75) is 39.0 Å². The molecular formula is C29H26N2O. The van der Waals surface area contributed by atoms with Crippen molar-refractivity contribution in [2.24, 2.45) is 5.92 Å². The van der Waals surface area contributed by atoms with E-state index in [1.54, 1.807) is 0 Å². The monoisotopic (exact) mass is 418 g/mol. The minimum atomic E-state index is 0.688. The van der Waals surface area contributed by atoms with Crippen LogP contribution in [0, 0.1) is 12.8 Å². The van der Waals surface area contributed by atoms with Crippen LogP contribution in [-0.4, -0.2) is 9.97 Å². The third-order valence-electron chi connectivity index (χ3n) is 6.78. The Hall–Kier alpha value is -3.46. The number of benzene rings is 2. The third kappa shape index (κ3) is 3.38. The highest BCUT2D eigenvalue weighted by molar-refractivity contribution is 6.14. The molecule has 0 spiro atoms. The molecule has 0 unspecified atom stereocenters. The van der Waals surface area contributed by atoms with E-state index in [2.05, 4.69) is 60.7 Å². The van der Waals surface area contributed by atoms with Crippen LogP contribution < -0.4 is 0 Å². The fourth-order valence-corrected chi connectivity index (χ4v) is 5.26. The first-order valence-electron chi connectivity index (χ1n) is 11.6. The van der Waals surface area contributed by atoms with Crippen molar-refractivity contribution in [3.05, 3.63) is 84.2 Å². The van der Waals surface area contributed by atoms with Gasteiger partial charge in [-0.2, -0.15) is 0 Å². The van der Waals surface area contributed by atoms with Crippen LogP contribution in [0.1, 0.15) is 36.9 Å². The SMILES string of the molecule is Cc1cc(-c2ccccc2)c2c(n1)oc1c(-c3cc(CC4CCCC4)ccn3)cccc12. The normalized spacial score (nSPS) is 14.5. The molecule has 158 valence electrons. The van der Waals surface area contributed by atoms with Gasteiger partial charge in [-0.05, 0) is 60.2 Å². The fraction of sp³-hybridized carbons (Fsp3) is 0.241. The van der Waals surface area contributed by atoms with Crippen molar-refractivity contribution in [3.8, 4) is 22.4 Å². The summed E-state index contributed by atoms with van der Waals surface area (Å²) in [7, 11) is 0. The van der Waals surface area contributed by atoms with Crippen LogP contribution in [-0.2, 0) is 6.42 Å². The van der Waals surface area contributed by atoms with Gasteiger partial charge >= 0.3 is 0 Å². The molecule has 1 fully saturated rings. The number of fused-ring (bicyclic) bond motifs is 3. The number of aryl methyl sites for hydroxylation is 1. The summed E-state index contributed by atoms with van der Waals surface area (Å²) in [5.41, 5.74) is 8.22. The molecule has 3 nitrogen and oxygen atoms in total. The average molecular weight is 419 g/mol. The highest BCUT2D eigenvalue weighted by Crippen LogP contribution is 2.40. The summed E-state index contributed by atoms with van der Waals surface area (Å²) in [6.45, 7) is 2.02. The van der Waals surface area contributed by atoms with Crippen molar-refractivity contribution in [1.82, 2.24) is 9.97 Å². The summed E-state index contributed by atoms with van der Waals surface area (Å²) in [6.07, 6.45) is 8.53. The van der Waals surface area contributed by atoms with E-state index in [1.165, 1.54) is 36.8 Å². The van der Waals surface area contributed by atoms with Gasteiger partial charge in [0, 0.05) is 22.8 Å². The van der Waals surface area contributed by atoms with Gasteiger partial charge in [-0.1, -0.05) is 68.1 Å². The van der Waals surface area contributed by atoms with Gasteiger partial charge in [0.15, 0.2) is 0 Å². The van der Waals surface area contributed by atoms with E-state index >= 15 is 0 Å². The zero-order valence-electron chi connectivity index (χ0n) is 18.3. The van der Waals surface area contributed by atoms with E-state index in [4.69, 9.17) is 14.4 Å². The van der Waals surface area contributed by atoms with E-state index in [-0.39, 0.29) is 0 Å². The largest absolute Gasteiger partial charge is 0.437 e. The number of aromatic nitrogens is 2.